The first-order chi connectivity index (χ1) is 28.4. The van der Waals surface area contributed by atoms with Gasteiger partial charge in [-0.3, -0.25) is 0 Å². The van der Waals surface area contributed by atoms with Gasteiger partial charge in [0.2, 0.25) is 0 Å². The fourth-order valence-electron chi connectivity index (χ4n) is 10.1. The normalized spacial score (nSPS) is 23.7. The molecule has 0 amide bonds. The molecule has 0 bridgehead atoms. The van der Waals surface area contributed by atoms with E-state index in [9.17, 15) is 0 Å². The van der Waals surface area contributed by atoms with Crippen molar-refractivity contribution in [2.24, 2.45) is 5.92 Å². The van der Waals surface area contributed by atoms with E-state index in [1.807, 2.05) is 0 Å². The number of aliphatic hydroxyl groups excluding tert-OH is 1. The zero-order valence-corrected chi connectivity index (χ0v) is 39.9. The molecule has 1 nitrogen and oxygen atoms in total. The standard InChI is InChI=1S/C8H16O.8C6H12/c9-7-6-8-4-2-1-3-5-8;8*1-2-4-6-5-3-1/h8-9H,1-7H2;8*1-6H2. The zero-order valence-electron chi connectivity index (χ0n) is 39.9. The molecule has 0 aliphatic heterocycles. The summed E-state index contributed by atoms with van der Waals surface area (Å²) in [5.41, 5.74) is 0. The smallest absolute Gasteiger partial charge is 0.0433 e. The van der Waals surface area contributed by atoms with Crippen LogP contribution in [0.2, 0.25) is 0 Å². The van der Waals surface area contributed by atoms with Crippen LogP contribution >= 0.6 is 0 Å². The van der Waals surface area contributed by atoms with E-state index in [1.54, 1.807) is 0 Å². The predicted molar refractivity (Wildman–Crippen MR) is 260 cm³/mol. The first kappa shape index (κ1) is 55.0. The Balaban J connectivity index is 0.000000322. The van der Waals surface area contributed by atoms with Gasteiger partial charge in [0.25, 0.3) is 0 Å². The van der Waals surface area contributed by atoms with E-state index in [1.165, 1.54) is 340 Å². The average Bonchev–Trinajstić information content (AvgIpc) is 3.35. The van der Waals surface area contributed by atoms with Gasteiger partial charge in [0, 0.05) is 6.61 Å². The maximum absolute atomic E-state index is 8.62. The van der Waals surface area contributed by atoms with Crippen LogP contribution in [0.5, 0.6) is 0 Å². The summed E-state index contributed by atoms with van der Waals surface area (Å²) < 4.78 is 0. The Bertz CT molecular complexity index is 410. The summed E-state index contributed by atoms with van der Waals surface area (Å²) in [4.78, 5) is 0. The number of rotatable bonds is 2. The van der Waals surface area contributed by atoms with Crippen LogP contribution in [0.4, 0.5) is 0 Å². The molecule has 57 heavy (non-hydrogen) atoms. The molecule has 342 valence electrons. The lowest BCUT2D eigenvalue weighted by atomic mass is 9.87. The van der Waals surface area contributed by atoms with E-state index in [0.29, 0.717) is 6.61 Å². The maximum atomic E-state index is 8.62. The van der Waals surface area contributed by atoms with Crippen LogP contribution < -0.4 is 0 Å². The molecule has 9 aliphatic rings. The van der Waals surface area contributed by atoms with Crippen molar-refractivity contribution in [2.45, 2.75) is 347 Å². The minimum Gasteiger partial charge on any atom is -0.396 e. The monoisotopic (exact) mass is 801 g/mol. The Hall–Kier alpha value is -0.0400. The quantitative estimate of drug-likeness (QED) is 0.295. The van der Waals surface area contributed by atoms with Crippen molar-refractivity contribution in [1.82, 2.24) is 0 Å². The summed E-state index contributed by atoms with van der Waals surface area (Å²) in [5, 5.41) is 8.62. The van der Waals surface area contributed by atoms with Crippen molar-refractivity contribution < 1.29 is 5.11 Å². The van der Waals surface area contributed by atoms with Gasteiger partial charge in [-0.2, -0.15) is 0 Å². The zero-order chi connectivity index (χ0) is 40.5. The lowest BCUT2D eigenvalue weighted by Crippen LogP contribution is -2.07. The third-order valence-electron chi connectivity index (χ3n) is 14.3. The van der Waals surface area contributed by atoms with E-state index < -0.39 is 0 Å². The first-order valence-electron chi connectivity index (χ1n) is 28.0. The topological polar surface area (TPSA) is 20.2 Å². The fraction of sp³-hybridized carbons (Fsp3) is 1.00. The fourth-order valence-corrected chi connectivity index (χ4v) is 10.1. The van der Waals surface area contributed by atoms with E-state index >= 15 is 0 Å². The van der Waals surface area contributed by atoms with Crippen molar-refractivity contribution >= 4 is 0 Å². The third-order valence-corrected chi connectivity index (χ3v) is 14.3. The second-order valence-electron chi connectivity index (χ2n) is 20.0. The second kappa shape index (κ2) is 50.3. The second-order valence-corrected chi connectivity index (χ2v) is 20.0. The molecule has 0 saturated heterocycles. The summed E-state index contributed by atoms with van der Waals surface area (Å²) in [5.74, 6) is 0.851. The third kappa shape index (κ3) is 46.9. The van der Waals surface area contributed by atoms with Crippen molar-refractivity contribution in [3.8, 4) is 0 Å². The van der Waals surface area contributed by atoms with Gasteiger partial charge in [-0.25, -0.2) is 0 Å². The minimum atomic E-state index is 0.394. The molecule has 0 aromatic heterocycles. The summed E-state index contributed by atoms with van der Waals surface area (Å²) in [6.45, 7) is 0.394. The van der Waals surface area contributed by atoms with Crippen LogP contribution in [0.15, 0.2) is 0 Å². The highest BCUT2D eigenvalue weighted by Gasteiger charge is 2.11. The van der Waals surface area contributed by atoms with Crippen LogP contribution in [-0.2, 0) is 0 Å². The molecule has 0 heterocycles. The van der Waals surface area contributed by atoms with Crippen molar-refractivity contribution in [3.05, 3.63) is 0 Å². The van der Waals surface area contributed by atoms with Gasteiger partial charge < -0.3 is 5.11 Å². The molecule has 9 fully saturated rings. The van der Waals surface area contributed by atoms with Gasteiger partial charge in [-0.05, 0) is 12.3 Å². The van der Waals surface area contributed by atoms with Gasteiger partial charge in [0.15, 0.2) is 0 Å². The van der Waals surface area contributed by atoms with Crippen molar-refractivity contribution in [3.63, 3.8) is 0 Å². The van der Waals surface area contributed by atoms with Gasteiger partial charge >= 0.3 is 0 Å². The molecule has 0 aromatic rings. The van der Waals surface area contributed by atoms with Crippen LogP contribution in [-0.4, -0.2) is 11.7 Å². The molecule has 0 spiro atoms. The lowest BCUT2D eigenvalue weighted by molar-refractivity contribution is 0.230. The molecule has 9 rings (SSSR count). The highest BCUT2D eigenvalue weighted by Crippen LogP contribution is 2.26. The van der Waals surface area contributed by atoms with Crippen LogP contribution in [0, 0.1) is 5.92 Å². The molecule has 0 unspecified atom stereocenters. The number of hydrogen-bond donors (Lipinski definition) is 1. The highest BCUT2D eigenvalue weighted by molar-refractivity contribution is 4.64. The minimum absolute atomic E-state index is 0.394. The Morgan fingerprint density at radius 1 is 0.175 bits per heavy atom. The van der Waals surface area contributed by atoms with E-state index in [0.717, 1.165) is 12.3 Å². The van der Waals surface area contributed by atoms with Crippen LogP contribution in [0.1, 0.15) is 347 Å². The lowest BCUT2D eigenvalue weighted by Gasteiger charge is -2.19. The van der Waals surface area contributed by atoms with Crippen LogP contribution in [0.3, 0.4) is 0 Å². The molecule has 0 aromatic carbocycles. The maximum Gasteiger partial charge on any atom is 0.0433 e. The summed E-state index contributed by atoms with van der Waals surface area (Å²) in [6.07, 6.45) is 80.0. The van der Waals surface area contributed by atoms with Gasteiger partial charge in [-0.1, -0.05) is 340 Å². The van der Waals surface area contributed by atoms with Gasteiger partial charge in [0.1, 0.15) is 0 Å². The molecule has 9 saturated carbocycles. The number of hydrogen-bond acceptors (Lipinski definition) is 1. The van der Waals surface area contributed by atoms with E-state index in [4.69, 9.17) is 5.11 Å². The summed E-state index contributed by atoms with van der Waals surface area (Å²) in [7, 11) is 0. The first-order valence-corrected chi connectivity index (χ1v) is 28.0. The molecule has 0 radical (unpaired) electrons. The average molecular weight is 802 g/mol. The Kier molecular flexibility index (Phi) is 48.5. The summed E-state index contributed by atoms with van der Waals surface area (Å²) in [6, 6.07) is 0. The largest absolute Gasteiger partial charge is 0.396 e. The van der Waals surface area contributed by atoms with Crippen molar-refractivity contribution in [2.75, 3.05) is 6.61 Å². The van der Waals surface area contributed by atoms with E-state index in [2.05, 4.69) is 0 Å². The molecular weight excluding hydrogens is 689 g/mol. The summed E-state index contributed by atoms with van der Waals surface area (Å²) >= 11 is 0. The van der Waals surface area contributed by atoms with Crippen LogP contribution in [0.25, 0.3) is 0 Å². The molecule has 0 atom stereocenters. The SMILES string of the molecule is C1CCCCC1.C1CCCCC1.C1CCCCC1.C1CCCCC1.C1CCCCC1.C1CCCCC1.C1CCCCC1.C1CCCCC1.OCCC1CCCCC1. The molecular formula is C56H112O. The predicted octanol–water partition coefficient (Wildman–Crippen LogP) is 20.7. The Labute approximate surface area is 363 Å². The molecule has 1 N–H and O–H groups in total. The molecule has 9 aliphatic carbocycles. The van der Waals surface area contributed by atoms with E-state index in [-0.39, 0.29) is 0 Å². The molecule has 1 heteroatoms. The highest BCUT2D eigenvalue weighted by atomic mass is 16.3. The van der Waals surface area contributed by atoms with Gasteiger partial charge in [0.05, 0.1) is 0 Å². The number of aliphatic hydroxyl groups is 1. The van der Waals surface area contributed by atoms with Crippen molar-refractivity contribution in [1.29, 1.82) is 0 Å². The Morgan fingerprint density at radius 3 is 0.386 bits per heavy atom. The van der Waals surface area contributed by atoms with Gasteiger partial charge in [-0.15, -0.1) is 0 Å². The Morgan fingerprint density at radius 2 is 0.281 bits per heavy atom.